The zero-order valence-electron chi connectivity index (χ0n) is 12.0. The van der Waals surface area contributed by atoms with Crippen LogP contribution < -0.4 is 14.8 Å². The Morgan fingerprint density at radius 1 is 0.952 bits per heavy atom. The molecule has 106 valence electrons. The van der Waals surface area contributed by atoms with Crippen molar-refractivity contribution in [3.8, 4) is 17.4 Å². The number of hydrogen-bond donors (Lipinski definition) is 1. The van der Waals surface area contributed by atoms with Crippen LogP contribution in [0.3, 0.4) is 0 Å². The van der Waals surface area contributed by atoms with Crippen molar-refractivity contribution in [3.63, 3.8) is 0 Å². The van der Waals surface area contributed by atoms with E-state index in [4.69, 9.17) is 9.47 Å². The second-order valence-electron chi connectivity index (χ2n) is 4.58. The largest absolute Gasteiger partial charge is 0.497 e. The summed E-state index contributed by atoms with van der Waals surface area (Å²) in [5, 5.41) is 5.06. The molecule has 0 saturated heterocycles. The third kappa shape index (κ3) is 2.74. The number of benzene rings is 2. The molecule has 4 heteroatoms. The third-order valence-corrected chi connectivity index (χ3v) is 3.29. The second-order valence-corrected chi connectivity index (χ2v) is 4.58. The molecular weight excluding hydrogens is 264 g/mol. The van der Waals surface area contributed by atoms with Crippen molar-refractivity contribution in [2.45, 2.75) is 0 Å². The Labute approximate surface area is 123 Å². The van der Waals surface area contributed by atoms with Crippen molar-refractivity contribution in [2.75, 3.05) is 19.5 Å². The minimum Gasteiger partial charge on any atom is -0.497 e. The summed E-state index contributed by atoms with van der Waals surface area (Å²) in [5.74, 6) is 2.16. The van der Waals surface area contributed by atoms with E-state index >= 15 is 0 Å². The highest BCUT2D eigenvalue weighted by atomic mass is 16.5. The maximum Gasteiger partial charge on any atom is 0.227 e. The molecule has 0 aliphatic heterocycles. The highest BCUT2D eigenvalue weighted by Crippen LogP contribution is 2.30. The lowest BCUT2D eigenvalue weighted by molar-refractivity contribution is 0.415. The number of nitrogens with one attached hydrogen (secondary N) is 1. The first-order valence-electron chi connectivity index (χ1n) is 6.68. The van der Waals surface area contributed by atoms with E-state index in [-0.39, 0.29) is 0 Å². The smallest absolute Gasteiger partial charge is 0.227 e. The van der Waals surface area contributed by atoms with Gasteiger partial charge in [-0.05, 0) is 53.9 Å². The first kappa shape index (κ1) is 13.2. The second kappa shape index (κ2) is 5.71. The van der Waals surface area contributed by atoms with Gasteiger partial charge in [0.15, 0.2) is 0 Å². The van der Waals surface area contributed by atoms with E-state index in [9.17, 15) is 0 Å². The molecule has 0 saturated carbocycles. The summed E-state index contributed by atoms with van der Waals surface area (Å²) in [6.07, 6.45) is 1.74. The number of methoxy groups -OCH3 is 1. The van der Waals surface area contributed by atoms with Crippen LogP contribution in [0.4, 0.5) is 5.69 Å². The van der Waals surface area contributed by atoms with Gasteiger partial charge in [0.05, 0.1) is 7.11 Å². The fourth-order valence-electron chi connectivity index (χ4n) is 2.14. The van der Waals surface area contributed by atoms with Crippen LogP contribution in [0.1, 0.15) is 0 Å². The SMILES string of the molecule is CNc1ccc(Oc2nccc3cc(OC)ccc23)cc1. The highest BCUT2D eigenvalue weighted by Gasteiger charge is 2.06. The molecule has 0 aliphatic rings. The van der Waals surface area contributed by atoms with Crippen LogP contribution in [-0.4, -0.2) is 19.1 Å². The number of hydrogen-bond acceptors (Lipinski definition) is 4. The van der Waals surface area contributed by atoms with Gasteiger partial charge < -0.3 is 14.8 Å². The van der Waals surface area contributed by atoms with Crippen molar-refractivity contribution >= 4 is 16.5 Å². The maximum absolute atomic E-state index is 5.88. The number of ether oxygens (including phenoxy) is 2. The Hall–Kier alpha value is -2.75. The van der Waals surface area contributed by atoms with E-state index < -0.39 is 0 Å². The van der Waals surface area contributed by atoms with Gasteiger partial charge >= 0.3 is 0 Å². The molecule has 3 aromatic rings. The van der Waals surface area contributed by atoms with Gasteiger partial charge in [-0.2, -0.15) is 0 Å². The molecule has 0 fully saturated rings. The van der Waals surface area contributed by atoms with Crippen LogP contribution in [0, 0.1) is 0 Å². The van der Waals surface area contributed by atoms with Gasteiger partial charge in [-0.1, -0.05) is 0 Å². The lowest BCUT2D eigenvalue weighted by Crippen LogP contribution is -1.91. The van der Waals surface area contributed by atoms with E-state index in [0.29, 0.717) is 5.88 Å². The molecule has 0 atom stereocenters. The summed E-state index contributed by atoms with van der Waals surface area (Å²) >= 11 is 0. The standard InChI is InChI=1S/C17H16N2O2/c1-18-13-3-5-14(6-4-13)21-17-16-8-7-15(20-2)11-12(16)9-10-19-17/h3-11,18H,1-2H3. The highest BCUT2D eigenvalue weighted by molar-refractivity contribution is 5.88. The Morgan fingerprint density at radius 2 is 1.71 bits per heavy atom. The molecule has 0 aliphatic carbocycles. The maximum atomic E-state index is 5.88. The number of fused-ring (bicyclic) bond motifs is 1. The quantitative estimate of drug-likeness (QED) is 0.782. The van der Waals surface area contributed by atoms with Crippen molar-refractivity contribution in [2.24, 2.45) is 0 Å². The molecule has 3 rings (SSSR count). The van der Waals surface area contributed by atoms with Crippen LogP contribution in [0.25, 0.3) is 10.8 Å². The van der Waals surface area contributed by atoms with Crippen LogP contribution in [0.15, 0.2) is 54.7 Å². The molecule has 2 aromatic carbocycles. The Balaban J connectivity index is 1.95. The van der Waals surface area contributed by atoms with E-state index in [1.54, 1.807) is 13.3 Å². The zero-order valence-corrected chi connectivity index (χ0v) is 12.0. The van der Waals surface area contributed by atoms with Crippen LogP contribution in [0.2, 0.25) is 0 Å². The Morgan fingerprint density at radius 3 is 2.43 bits per heavy atom. The van der Waals surface area contributed by atoms with Gasteiger partial charge in [-0.15, -0.1) is 0 Å². The predicted molar refractivity (Wildman–Crippen MR) is 84.4 cm³/mol. The van der Waals surface area contributed by atoms with E-state index in [1.807, 2.05) is 55.6 Å². The van der Waals surface area contributed by atoms with E-state index in [1.165, 1.54) is 0 Å². The Bertz CT molecular complexity index is 754. The summed E-state index contributed by atoms with van der Waals surface area (Å²) < 4.78 is 11.1. The van der Waals surface area contributed by atoms with Gasteiger partial charge in [0.2, 0.25) is 5.88 Å². The fourth-order valence-corrected chi connectivity index (χ4v) is 2.14. The Kier molecular flexibility index (Phi) is 3.60. The fraction of sp³-hybridized carbons (Fsp3) is 0.118. The lowest BCUT2D eigenvalue weighted by atomic mass is 10.1. The van der Waals surface area contributed by atoms with Gasteiger partial charge in [0.25, 0.3) is 0 Å². The van der Waals surface area contributed by atoms with Crippen molar-refractivity contribution in [3.05, 3.63) is 54.7 Å². The molecule has 0 amide bonds. The van der Waals surface area contributed by atoms with Crippen LogP contribution >= 0.6 is 0 Å². The first-order chi connectivity index (χ1) is 10.3. The molecule has 1 aromatic heterocycles. The van der Waals surface area contributed by atoms with Crippen molar-refractivity contribution in [1.82, 2.24) is 4.98 Å². The first-order valence-corrected chi connectivity index (χ1v) is 6.68. The van der Waals surface area contributed by atoms with Gasteiger partial charge in [-0.25, -0.2) is 4.98 Å². The summed E-state index contributed by atoms with van der Waals surface area (Å²) in [5.41, 5.74) is 1.04. The summed E-state index contributed by atoms with van der Waals surface area (Å²) in [6, 6.07) is 15.5. The number of anilines is 1. The van der Waals surface area contributed by atoms with E-state index in [0.717, 1.165) is 28.0 Å². The van der Waals surface area contributed by atoms with Gasteiger partial charge in [-0.3, -0.25) is 0 Å². The molecule has 21 heavy (non-hydrogen) atoms. The average molecular weight is 280 g/mol. The molecule has 4 nitrogen and oxygen atoms in total. The number of rotatable bonds is 4. The van der Waals surface area contributed by atoms with E-state index in [2.05, 4.69) is 10.3 Å². The molecule has 0 radical (unpaired) electrons. The molecule has 1 heterocycles. The summed E-state index contributed by atoms with van der Waals surface area (Å²) in [7, 11) is 3.54. The minimum atomic E-state index is 0.590. The minimum absolute atomic E-state index is 0.590. The number of aromatic nitrogens is 1. The molecule has 1 N–H and O–H groups in total. The van der Waals surface area contributed by atoms with Crippen molar-refractivity contribution < 1.29 is 9.47 Å². The predicted octanol–water partition coefficient (Wildman–Crippen LogP) is 4.08. The van der Waals surface area contributed by atoms with Crippen LogP contribution in [0.5, 0.6) is 17.4 Å². The molecular formula is C17H16N2O2. The van der Waals surface area contributed by atoms with Gasteiger partial charge in [0.1, 0.15) is 11.5 Å². The average Bonchev–Trinajstić information content (AvgIpc) is 2.55. The third-order valence-electron chi connectivity index (χ3n) is 3.29. The monoisotopic (exact) mass is 280 g/mol. The van der Waals surface area contributed by atoms with Gasteiger partial charge in [0, 0.05) is 24.3 Å². The van der Waals surface area contributed by atoms with Crippen molar-refractivity contribution in [1.29, 1.82) is 0 Å². The zero-order chi connectivity index (χ0) is 14.7. The lowest BCUT2D eigenvalue weighted by Gasteiger charge is -2.09. The summed E-state index contributed by atoms with van der Waals surface area (Å²) in [6.45, 7) is 0. The topological polar surface area (TPSA) is 43.4 Å². The molecule has 0 bridgehead atoms. The number of pyridine rings is 1. The van der Waals surface area contributed by atoms with Crippen LogP contribution in [-0.2, 0) is 0 Å². The summed E-state index contributed by atoms with van der Waals surface area (Å²) in [4.78, 5) is 4.32. The molecule has 0 spiro atoms. The normalized spacial score (nSPS) is 10.4. The number of nitrogens with zero attached hydrogens (tertiary/aromatic N) is 1. The molecule has 0 unspecified atom stereocenters.